The summed E-state index contributed by atoms with van der Waals surface area (Å²) >= 11 is 2.28. The fraction of sp³-hybridized carbons (Fsp3) is 0.636. The molecule has 0 aliphatic heterocycles. The molecule has 3 nitrogen and oxygen atoms in total. The quantitative estimate of drug-likeness (QED) is 0.258. The molecule has 0 saturated carbocycles. The topological polar surface area (TPSA) is 27.7 Å². The van der Waals surface area contributed by atoms with E-state index >= 15 is 0 Å². The van der Waals surface area contributed by atoms with E-state index < -0.39 is 8.32 Å². The van der Waals surface area contributed by atoms with Crippen LogP contribution < -0.4 is 4.74 Å². The van der Waals surface area contributed by atoms with Gasteiger partial charge in [-0.15, -0.1) is 0 Å². The lowest BCUT2D eigenvalue weighted by Crippen LogP contribution is -2.43. The molecule has 0 saturated heterocycles. The Labute approximate surface area is 181 Å². The Morgan fingerprint density at radius 1 is 1.11 bits per heavy atom. The van der Waals surface area contributed by atoms with Crippen LogP contribution in [0.1, 0.15) is 40.2 Å². The predicted octanol–water partition coefficient (Wildman–Crippen LogP) is 6.82. The van der Waals surface area contributed by atoms with E-state index in [-0.39, 0.29) is 11.1 Å². The van der Waals surface area contributed by atoms with E-state index in [0.717, 1.165) is 17.9 Å². The summed E-state index contributed by atoms with van der Waals surface area (Å²) in [7, 11) is -0.0690. The summed E-state index contributed by atoms with van der Waals surface area (Å²) in [6.07, 6.45) is 2.32. The number of rotatable bonds is 10. The van der Waals surface area contributed by atoms with Crippen molar-refractivity contribution < 1.29 is 13.9 Å². The molecule has 1 aromatic carbocycles. The van der Waals surface area contributed by atoms with Gasteiger partial charge in [0.1, 0.15) is 5.75 Å². The Morgan fingerprint density at radius 3 is 2.19 bits per heavy atom. The van der Waals surface area contributed by atoms with Gasteiger partial charge in [0.05, 0.1) is 19.8 Å². The van der Waals surface area contributed by atoms with Crippen LogP contribution in [0.5, 0.6) is 5.75 Å². The largest absolute Gasteiger partial charge is 0.497 e. The summed E-state index contributed by atoms with van der Waals surface area (Å²) in [4.78, 5) is 0. The van der Waals surface area contributed by atoms with Crippen molar-refractivity contribution in [3.8, 4) is 5.75 Å². The van der Waals surface area contributed by atoms with E-state index in [1.807, 2.05) is 12.1 Å². The highest BCUT2D eigenvalue weighted by Gasteiger charge is 2.38. The number of methoxy groups -OCH3 is 1. The zero-order chi connectivity index (χ0) is 20.7. The van der Waals surface area contributed by atoms with Crippen LogP contribution in [-0.4, -0.2) is 28.1 Å². The monoisotopic (exact) mass is 504 g/mol. The van der Waals surface area contributed by atoms with E-state index in [9.17, 15) is 0 Å². The van der Waals surface area contributed by atoms with Crippen LogP contribution in [0.2, 0.25) is 18.1 Å². The summed E-state index contributed by atoms with van der Waals surface area (Å²) in [5.74, 6) is 1.52. The number of halogens is 1. The van der Waals surface area contributed by atoms with Crippen LogP contribution in [0.3, 0.4) is 0 Å². The van der Waals surface area contributed by atoms with Crippen molar-refractivity contribution in [2.24, 2.45) is 11.8 Å². The molecule has 0 heterocycles. The molecular formula is C22H37IO3Si. The molecule has 27 heavy (non-hydrogen) atoms. The van der Waals surface area contributed by atoms with Crippen LogP contribution in [0.15, 0.2) is 34.4 Å². The maximum atomic E-state index is 6.46. The molecule has 1 aromatic rings. The van der Waals surface area contributed by atoms with Gasteiger partial charge in [-0.3, -0.25) is 0 Å². The molecule has 0 aliphatic carbocycles. The average Bonchev–Trinajstić information content (AvgIpc) is 2.60. The highest BCUT2D eigenvalue weighted by molar-refractivity contribution is 14.1. The van der Waals surface area contributed by atoms with Crippen molar-refractivity contribution in [3.63, 3.8) is 0 Å². The molecule has 0 fully saturated rings. The van der Waals surface area contributed by atoms with E-state index in [1.54, 1.807) is 7.11 Å². The molecule has 0 unspecified atom stereocenters. The summed E-state index contributed by atoms with van der Waals surface area (Å²) < 4.78 is 20.1. The predicted molar refractivity (Wildman–Crippen MR) is 126 cm³/mol. The standard InChI is InChI=1S/C22H37IO3Si/c1-17(13-14-23)21(18(2)15-26-27(7,8)22(3,4)5)25-16-19-9-11-20(24-6)12-10-19/h9-14,17-18,21H,15-16H2,1-8H3/b14-13-/t17-,18-,21-/m0/s1. The molecule has 3 atom stereocenters. The van der Waals surface area contributed by atoms with Crippen molar-refractivity contribution in [2.45, 2.75) is 65.5 Å². The second-order valence-electron chi connectivity index (χ2n) is 8.85. The lowest BCUT2D eigenvalue weighted by molar-refractivity contribution is -0.0292. The zero-order valence-electron chi connectivity index (χ0n) is 18.2. The minimum Gasteiger partial charge on any atom is -0.497 e. The van der Waals surface area contributed by atoms with Gasteiger partial charge in [0.25, 0.3) is 0 Å². The third-order valence-electron chi connectivity index (χ3n) is 5.57. The minimum absolute atomic E-state index is 0.114. The van der Waals surface area contributed by atoms with Crippen molar-refractivity contribution in [1.82, 2.24) is 0 Å². The Bertz CT molecular complexity index is 578. The smallest absolute Gasteiger partial charge is 0.191 e. The van der Waals surface area contributed by atoms with Gasteiger partial charge in [-0.1, -0.05) is 75.4 Å². The number of hydrogen-bond donors (Lipinski definition) is 0. The summed E-state index contributed by atoms with van der Waals surface area (Å²) in [6, 6.07) is 8.08. The highest BCUT2D eigenvalue weighted by Crippen LogP contribution is 2.37. The summed E-state index contributed by atoms with van der Waals surface area (Å²) in [5.41, 5.74) is 1.16. The van der Waals surface area contributed by atoms with Gasteiger partial charge >= 0.3 is 0 Å². The molecule has 0 N–H and O–H groups in total. The third-order valence-corrected chi connectivity index (χ3v) is 10.5. The molecule has 0 amide bonds. The maximum Gasteiger partial charge on any atom is 0.191 e. The molecule has 1 rings (SSSR count). The average molecular weight is 505 g/mol. The summed E-state index contributed by atoms with van der Waals surface area (Å²) in [6.45, 7) is 17.2. The van der Waals surface area contributed by atoms with Crippen molar-refractivity contribution in [3.05, 3.63) is 40.0 Å². The van der Waals surface area contributed by atoms with Crippen molar-refractivity contribution >= 4 is 30.9 Å². The number of ether oxygens (including phenoxy) is 2. The maximum absolute atomic E-state index is 6.46. The van der Waals surface area contributed by atoms with Crippen molar-refractivity contribution in [1.29, 1.82) is 0 Å². The van der Waals surface area contributed by atoms with Crippen LogP contribution in [0.25, 0.3) is 0 Å². The molecular weight excluding hydrogens is 467 g/mol. The first kappa shape index (κ1) is 24.7. The first-order valence-electron chi connectivity index (χ1n) is 9.67. The van der Waals surface area contributed by atoms with E-state index in [2.05, 4.69) is 92.6 Å². The van der Waals surface area contributed by atoms with E-state index in [0.29, 0.717) is 18.4 Å². The Kier molecular flexibility index (Phi) is 10.0. The molecule has 154 valence electrons. The Balaban J connectivity index is 2.77. The molecule has 0 spiro atoms. The second-order valence-corrected chi connectivity index (χ2v) is 14.4. The lowest BCUT2D eigenvalue weighted by atomic mass is 9.94. The Morgan fingerprint density at radius 2 is 1.70 bits per heavy atom. The third kappa shape index (κ3) is 7.87. The normalized spacial score (nSPS) is 16.3. The van der Waals surface area contributed by atoms with Crippen LogP contribution in [0.4, 0.5) is 0 Å². The fourth-order valence-electron chi connectivity index (χ4n) is 2.62. The van der Waals surface area contributed by atoms with Crippen LogP contribution in [-0.2, 0) is 15.8 Å². The van der Waals surface area contributed by atoms with Gasteiger partial charge in [0, 0.05) is 18.4 Å². The molecule has 0 radical (unpaired) electrons. The number of hydrogen-bond acceptors (Lipinski definition) is 3. The van der Waals surface area contributed by atoms with Crippen LogP contribution >= 0.6 is 22.6 Å². The molecule has 5 heteroatoms. The first-order valence-corrected chi connectivity index (χ1v) is 13.8. The fourth-order valence-corrected chi connectivity index (χ4v) is 4.39. The van der Waals surface area contributed by atoms with Gasteiger partial charge in [0.15, 0.2) is 8.32 Å². The minimum atomic E-state index is -1.75. The van der Waals surface area contributed by atoms with E-state index in [4.69, 9.17) is 13.9 Å². The van der Waals surface area contributed by atoms with Gasteiger partial charge in [0.2, 0.25) is 0 Å². The van der Waals surface area contributed by atoms with Crippen molar-refractivity contribution in [2.75, 3.05) is 13.7 Å². The summed E-state index contributed by atoms with van der Waals surface area (Å²) in [5, 5.41) is 0.222. The Hall–Kier alpha value is -0.373. The van der Waals surface area contributed by atoms with Gasteiger partial charge in [-0.05, 0) is 39.9 Å². The first-order chi connectivity index (χ1) is 12.5. The van der Waals surface area contributed by atoms with Crippen LogP contribution in [0, 0.1) is 11.8 Å². The van der Waals surface area contributed by atoms with Gasteiger partial charge < -0.3 is 13.9 Å². The van der Waals surface area contributed by atoms with E-state index in [1.165, 1.54) is 0 Å². The molecule has 0 aliphatic rings. The highest BCUT2D eigenvalue weighted by atomic mass is 127. The second kappa shape index (κ2) is 11.0. The zero-order valence-corrected chi connectivity index (χ0v) is 21.4. The lowest BCUT2D eigenvalue weighted by Gasteiger charge is -2.38. The number of benzene rings is 1. The molecule has 0 aromatic heterocycles. The molecule has 0 bridgehead atoms. The van der Waals surface area contributed by atoms with Gasteiger partial charge in [-0.25, -0.2) is 0 Å². The SMILES string of the molecule is COc1ccc(CO[C@@H]([C@@H](C)/C=C\I)[C@@H](C)CO[Si](C)(C)C(C)(C)C)cc1. The van der Waals surface area contributed by atoms with Gasteiger partial charge in [-0.2, -0.15) is 0 Å².